The molecule has 25 heavy (non-hydrogen) atoms. The number of hydrogen-bond donors (Lipinski definition) is 1. The standard InChI is InChI=1S/C17H18BrFN2O3S/c1-12-5-3-4-6-16(12)21(25(2,23)24)11-17(22)20-10-13-9-14(18)7-8-15(13)19/h3-9H,10-11H2,1-2H3,(H,20,22). The van der Waals surface area contributed by atoms with E-state index >= 15 is 0 Å². The fourth-order valence-corrected chi connectivity index (χ4v) is 3.61. The number of rotatable bonds is 6. The van der Waals surface area contributed by atoms with Crippen molar-refractivity contribution in [3.63, 3.8) is 0 Å². The Labute approximate surface area is 155 Å². The summed E-state index contributed by atoms with van der Waals surface area (Å²) < 4.78 is 39.6. The molecule has 0 atom stereocenters. The van der Waals surface area contributed by atoms with Crippen LogP contribution in [0, 0.1) is 12.7 Å². The summed E-state index contributed by atoms with van der Waals surface area (Å²) in [6.07, 6.45) is 1.04. The van der Waals surface area contributed by atoms with Gasteiger partial charge in [0.25, 0.3) is 0 Å². The average Bonchev–Trinajstić information content (AvgIpc) is 2.53. The maximum atomic E-state index is 13.7. The fourth-order valence-electron chi connectivity index (χ4n) is 2.28. The molecule has 2 rings (SSSR count). The summed E-state index contributed by atoms with van der Waals surface area (Å²) in [5, 5.41) is 2.55. The van der Waals surface area contributed by atoms with Crippen LogP contribution < -0.4 is 9.62 Å². The minimum atomic E-state index is -3.64. The predicted molar refractivity (Wildman–Crippen MR) is 99.3 cm³/mol. The number of sulfonamides is 1. The summed E-state index contributed by atoms with van der Waals surface area (Å²) in [6.45, 7) is 1.36. The van der Waals surface area contributed by atoms with Crippen LogP contribution in [0.2, 0.25) is 0 Å². The number of amides is 1. The van der Waals surface area contributed by atoms with Crippen molar-refractivity contribution in [1.29, 1.82) is 0 Å². The van der Waals surface area contributed by atoms with E-state index in [-0.39, 0.29) is 13.1 Å². The van der Waals surface area contributed by atoms with Crippen LogP contribution in [0.25, 0.3) is 0 Å². The second-order valence-corrected chi connectivity index (χ2v) is 8.39. The van der Waals surface area contributed by atoms with Crippen molar-refractivity contribution in [3.05, 3.63) is 63.9 Å². The van der Waals surface area contributed by atoms with Crippen molar-refractivity contribution in [3.8, 4) is 0 Å². The van der Waals surface area contributed by atoms with Gasteiger partial charge in [-0.3, -0.25) is 9.10 Å². The highest BCUT2D eigenvalue weighted by Gasteiger charge is 2.22. The Morgan fingerprint density at radius 1 is 1.24 bits per heavy atom. The van der Waals surface area contributed by atoms with Gasteiger partial charge < -0.3 is 5.32 Å². The Bertz CT molecular complexity index is 887. The minimum Gasteiger partial charge on any atom is -0.350 e. The molecule has 0 aliphatic heterocycles. The van der Waals surface area contributed by atoms with Gasteiger partial charge in [0.2, 0.25) is 15.9 Å². The number of benzene rings is 2. The summed E-state index contributed by atoms with van der Waals surface area (Å²) in [7, 11) is -3.64. The molecule has 134 valence electrons. The van der Waals surface area contributed by atoms with Gasteiger partial charge in [0, 0.05) is 16.6 Å². The molecule has 0 aromatic heterocycles. The second-order valence-electron chi connectivity index (χ2n) is 5.57. The largest absolute Gasteiger partial charge is 0.350 e. The highest BCUT2D eigenvalue weighted by atomic mass is 79.9. The molecule has 2 aromatic rings. The van der Waals surface area contributed by atoms with Crippen molar-refractivity contribution in [2.45, 2.75) is 13.5 Å². The average molecular weight is 429 g/mol. The zero-order valence-corrected chi connectivity index (χ0v) is 16.2. The van der Waals surface area contributed by atoms with Crippen LogP contribution in [-0.2, 0) is 21.4 Å². The lowest BCUT2D eigenvalue weighted by molar-refractivity contribution is -0.119. The molecule has 0 saturated heterocycles. The molecule has 1 amide bonds. The van der Waals surface area contributed by atoms with E-state index in [0.717, 1.165) is 16.1 Å². The first kappa shape index (κ1) is 19.4. The number of para-hydroxylation sites is 1. The molecule has 5 nitrogen and oxygen atoms in total. The molecule has 0 saturated carbocycles. The molecule has 0 fully saturated rings. The molecule has 0 aliphatic rings. The van der Waals surface area contributed by atoms with Crippen molar-refractivity contribution in [2.24, 2.45) is 0 Å². The van der Waals surface area contributed by atoms with Crippen LogP contribution in [0.15, 0.2) is 46.9 Å². The summed E-state index contributed by atoms with van der Waals surface area (Å²) in [6, 6.07) is 11.3. The third kappa shape index (κ3) is 5.27. The molecule has 0 unspecified atom stereocenters. The van der Waals surface area contributed by atoms with Crippen molar-refractivity contribution in [1.82, 2.24) is 5.32 Å². The second kappa shape index (κ2) is 7.97. The summed E-state index contributed by atoms with van der Waals surface area (Å²) in [5.74, 6) is -0.963. The van der Waals surface area contributed by atoms with Crippen molar-refractivity contribution < 1.29 is 17.6 Å². The van der Waals surface area contributed by atoms with Crippen molar-refractivity contribution in [2.75, 3.05) is 17.1 Å². The monoisotopic (exact) mass is 428 g/mol. The van der Waals surface area contributed by atoms with Crippen LogP contribution in [0.4, 0.5) is 10.1 Å². The van der Waals surface area contributed by atoms with E-state index in [9.17, 15) is 17.6 Å². The maximum Gasteiger partial charge on any atom is 0.241 e. The quantitative estimate of drug-likeness (QED) is 0.768. The zero-order valence-electron chi connectivity index (χ0n) is 13.8. The van der Waals surface area contributed by atoms with E-state index in [0.29, 0.717) is 15.7 Å². The van der Waals surface area contributed by atoms with Gasteiger partial charge >= 0.3 is 0 Å². The summed E-state index contributed by atoms with van der Waals surface area (Å²) >= 11 is 3.24. The van der Waals surface area contributed by atoms with Gasteiger partial charge in [-0.25, -0.2) is 12.8 Å². The van der Waals surface area contributed by atoms with Crippen molar-refractivity contribution >= 4 is 37.5 Å². The summed E-state index contributed by atoms with van der Waals surface area (Å²) in [4.78, 5) is 12.2. The normalized spacial score (nSPS) is 11.2. The molecule has 0 radical (unpaired) electrons. The van der Waals surface area contributed by atoms with E-state index in [1.54, 1.807) is 43.3 Å². The number of carbonyl (C=O) groups excluding carboxylic acids is 1. The van der Waals surface area contributed by atoms with Gasteiger partial charge in [-0.15, -0.1) is 0 Å². The Hall–Kier alpha value is -1.93. The predicted octanol–water partition coefficient (Wildman–Crippen LogP) is 2.98. The molecule has 2 aromatic carbocycles. The number of anilines is 1. The highest BCUT2D eigenvalue weighted by molar-refractivity contribution is 9.10. The Kier molecular flexibility index (Phi) is 6.18. The zero-order chi connectivity index (χ0) is 18.6. The topological polar surface area (TPSA) is 66.5 Å². The maximum absolute atomic E-state index is 13.7. The molecular weight excluding hydrogens is 411 g/mol. The van der Waals surface area contributed by atoms with Gasteiger partial charge in [-0.2, -0.15) is 0 Å². The number of halogens is 2. The molecule has 0 bridgehead atoms. The van der Waals surface area contributed by atoms with Crippen LogP contribution in [0.3, 0.4) is 0 Å². The first-order valence-corrected chi connectivity index (χ1v) is 10.1. The number of aryl methyl sites for hydroxylation is 1. The fraction of sp³-hybridized carbons (Fsp3) is 0.235. The van der Waals surface area contributed by atoms with Gasteiger partial charge in [-0.1, -0.05) is 34.1 Å². The van der Waals surface area contributed by atoms with Crippen LogP contribution >= 0.6 is 15.9 Å². The van der Waals surface area contributed by atoms with Crippen LogP contribution in [-0.4, -0.2) is 27.1 Å². The van der Waals surface area contributed by atoms with Gasteiger partial charge in [0.15, 0.2) is 0 Å². The minimum absolute atomic E-state index is 0.0323. The Balaban J connectivity index is 2.13. The highest BCUT2D eigenvalue weighted by Crippen LogP contribution is 2.21. The van der Waals surface area contributed by atoms with E-state index < -0.39 is 21.7 Å². The van der Waals surface area contributed by atoms with E-state index in [1.165, 1.54) is 6.07 Å². The molecule has 0 aliphatic carbocycles. The lowest BCUT2D eigenvalue weighted by Gasteiger charge is -2.23. The van der Waals surface area contributed by atoms with E-state index in [1.807, 2.05) is 0 Å². The first-order chi connectivity index (χ1) is 11.7. The SMILES string of the molecule is Cc1ccccc1N(CC(=O)NCc1cc(Br)ccc1F)S(C)(=O)=O. The molecular formula is C17H18BrFN2O3S. The molecule has 0 spiro atoms. The lowest BCUT2D eigenvalue weighted by atomic mass is 10.2. The van der Waals surface area contributed by atoms with E-state index in [2.05, 4.69) is 21.2 Å². The Morgan fingerprint density at radius 2 is 1.92 bits per heavy atom. The third-order valence-electron chi connectivity index (χ3n) is 3.56. The number of nitrogens with zero attached hydrogens (tertiary/aromatic N) is 1. The van der Waals surface area contributed by atoms with E-state index in [4.69, 9.17) is 0 Å². The summed E-state index contributed by atoms with van der Waals surface area (Å²) in [5.41, 5.74) is 1.48. The smallest absolute Gasteiger partial charge is 0.241 e. The third-order valence-corrected chi connectivity index (χ3v) is 5.18. The molecule has 8 heteroatoms. The lowest BCUT2D eigenvalue weighted by Crippen LogP contribution is -2.40. The molecule has 1 N–H and O–H groups in total. The van der Waals surface area contributed by atoms with Gasteiger partial charge in [0.1, 0.15) is 12.4 Å². The van der Waals surface area contributed by atoms with Gasteiger partial charge in [-0.05, 0) is 36.8 Å². The van der Waals surface area contributed by atoms with Crippen LogP contribution in [0.5, 0.6) is 0 Å². The molecule has 0 heterocycles. The first-order valence-electron chi connectivity index (χ1n) is 7.42. The number of nitrogens with one attached hydrogen (secondary N) is 1. The Morgan fingerprint density at radius 3 is 2.56 bits per heavy atom. The number of carbonyl (C=O) groups is 1. The number of hydrogen-bond acceptors (Lipinski definition) is 3. The van der Waals surface area contributed by atoms with Crippen LogP contribution in [0.1, 0.15) is 11.1 Å². The van der Waals surface area contributed by atoms with Gasteiger partial charge in [0.05, 0.1) is 11.9 Å².